The minimum Gasteiger partial charge on any atom is -0.360 e. The number of H-pyrrole nitrogens is 1. The highest BCUT2D eigenvalue weighted by molar-refractivity contribution is 6.30. The zero-order valence-corrected chi connectivity index (χ0v) is 11.5. The molecule has 5 nitrogen and oxygen atoms in total. The number of benzene rings is 1. The quantitative estimate of drug-likeness (QED) is 0.587. The van der Waals surface area contributed by atoms with Crippen molar-refractivity contribution in [3.8, 4) is 16.9 Å². The first-order valence-electron chi connectivity index (χ1n) is 6.34. The number of pyridine rings is 2. The molecule has 2 aliphatic rings. The Balaban J connectivity index is 2.05. The van der Waals surface area contributed by atoms with Gasteiger partial charge in [-0.25, -0.2) is 0 Å². The molecule has 3 heterocycles. The Morgan fingerprint density at radius 3 is 2.76 bits per heavy atom. The summed E-state index contributed by atoms with van der Waals surface area (Å²) in [4.78, 5) is 19.7. The van der Waals surface area contributed by atoms with Crippen LogP contribution in [0.2, 0.25) is 5.02 Å². The molecule has 0 saturated heterocycles. The maximum atomic E-state index is 12.5. The van der Waals surface area contributed by atoms with Gasteiger partial charge in [-0.2, -0.15) is 9.78 Å². The van der Waals surface area contributed by atoms with E-state index in [0.29, 0.717) is 22.0 Å². The van der Waals surface area contributed by atoms with Crippen LogP contribution in [0.15, 0.2) is 53.7 Å². The molecule has 1 aromatic heterocycles. The normalized spacial score (nSPS) is 11.3. The van der Waals surface area contributed by atoms with Crippen molar-refractivity contribution in [2.45, 2.75) is 0 Å². The number of hydrogen-bond donors (Lipinski definition) is 1. The van der Waals surface area contributed by atoms with E-state index >= 15 is 0 Å². The Morgan fingerprint density at radius 2 is 1.95 bits per heavy atom. The fourth-order valence-electron chi connectivity index (χ4n) is 2.36. The third kappa shape index (κ3) is 1.82. The molecule has 0 bridgehead atoms. The fourth-order valence-corrected chi connectivity index (χ4v) is 2.49. The second-order valence-corrected chi connectivity index (χ2v) is 5.10. The van der Waals surface area contributed by atoms with Gasteiger partial charge in [0, 0.05) is 29.0 Å². The summed E-state index contributed by atoms with van der Waals surface area (Å²) in [6, 6.07) is 8.84. The van der Waals surface area contributed by atoms with Crippen LogP contribution in [0.5, 0.6) is 0 Å². The first-order chi connectivity index (χ1) is 10.2. The highest BCUT2D eigenvalue weighted by atomic mass is 35.5. The molecule has 2 aliphatic heterocycles. The van der Waals surface area contributed by atoms with E-state index in [9.17, 15) is 4.79 Å². The predicted molar refractivity (Wildman–Crippen MR) is 81.1 cm³/mol. The topological polar surface area (TPSA) is 63.6 Å². The van der Waals surface area contributed by atoms with Crippen LogP contribution in [-0.2, 0) is 0 Å². The van der Waals surface area contributed by atoms with Crippen LogP contribution < -0.4 is 5.56 Å². The molecule has 4 rings (SSSR count). The number of aromatic amines is 1. The van der Waals surface area contributed by atoms with Gasteiger partial charge >= 0.3 is 0 Å². The number of nitrogens with zero attached hydrogens (tertiary/aromatic N) is 3. The zero-order valence-electron chi connectivity index (χ0n) is 10.7. The average molecular weight is 297 g/mol. The number of halogens is 1. The first-order valence-corrected chi connectivity index (χ1v) is 6.72. The molecule has 21 heavy (non-hydrogen) atoms. The molecule has 0 spiro atoms. The molecule has 0 radical (unpaired) electrons. The third-order valence-electron chi connectivity index (χ3n) is 3.40. The standard InChI is InChI=1S/C15H9ClN4O/c16-9-1-3-10(4-2-9)20-15(21)12-8-18-13-5-6-17-7-11(13)14(12)19-20/h1-8,18H. The van der Waals surface area contributed by atoms with Crippen LogP contribution in [-0.4, -0.2) is 19.7 Å². The molecule has 1 N–H and O–H groups in total. The molecule has 1 aromatic carbocycles. The van der Waals surface area contributed by atoms with Crippen molar-refractivity contribution in [3.63, 3.8) is 0 Å². The van der Waals surface area contributed by atoms with E-state index in [-0.39, 0.29) is 5.56 Å². The molecule has 2 aromatic rings. The summed E-state index contributed by atoms with van der Waals surface area (Å²) in [5, 5.41) is 5.88. The van der Waals surface area contributed by atoms with E-state index in [0.717, 1.165) is 10.9 Å². The minimum atomic E-state index is -0.172. The molecular weight excluding hydrogens is 288 g/mol. The van der Waals surface area contributed by atoms with Crippen molar-refractivity contribution < 1.29 is 0 Å². The Hall–Kier alpha value is -2.66. The Labute approximate surface area is 124 Å². The summed E-state index contributed by atoms with van der Waals surface area (Å²) in [6.07, 6.45) is 5.07. The van der Waals surface area contributed by atoms with E-state index in [1.54, 1.807) is 42.9 Å². The van der Waals surface area contributed by atoms with Crippen LogP contribution in [0.4, 0.5) is 0 Å². The predicted octanol–water partition coefficient (Wildman–Crippen LogP) is 2.87. The zero-order chi connectivity index (χ0) is 14.4. The summed E-state index contributed by atoms with van der Waals surface area (Å²) < 4.78 is 1.38. The summed E-state index contributed by atoms with van der Waals surface area (Å²) in [5.41, 5.74) is 2.56. The van der Waals surface area contributed by atoms with Crippen LogP contribution in [0, 0.1) is 0 Å². The van der Waals surface area contributed by atoms with Gasteiger partial charge in [-0.15, -0.1) is 0 Å². The van der Waals surface area contributed by atoms with Gasteiger partial charge in [0.25, 0.3) is 5.56 Å². The minimum absolute atomic E-state index is 0.172. The maximum absolute atomic E-state index is 12.5. The number of rotatable bonds is 1. The monoisotopic (exact) mass is 296 g/mol. The molecule has 0 amide bonds. The molecule has 0 atom stereocenters. The third-order valence-corrected chi connectivity index (χ3v) is 3.65. The van der Waals surface area contributed by atoms with Gasteiger partial charge in [-0.1, -0.05) is 11.6 Å². The molecule has 0 aliphatic carbocycles. The number of fused-ring (bicyclic) bond motifs is 3. The summed E-state index contributed by atoms with van der Waals surface area (Å²) in [5.74, 6) is 0. The van der Waals surface area contributed by atoms with Gasteiger partial charge < -0.3 is 4.98 Å². The van der Waals surface area contributed by atoms with Crippen molar-refractivity contribution in [2.24, 2.45) is 0 Å². The molecular formula is C15H9ClN4O. The van der Waals surface area contributed by atoms with E-state index < -0.39 is 0 Å². The van der Waals surface area contributed by atoms with Gasteiger partial charge in [0.1, 0.15) is 5.69 Å². The van der Waals surface area contributed by atoms with Crippen LogP contribution in [0.25, 0.3) is 27.8 Å². The number of hydrogen-bond acceptors (Lipinski definition) is 3. The average Bonchev–Trinajstić information content (AvgIpc) is 2.86. The highest BCUT2D eigenvalue weighted by Gasteiger charge is 2.18. The lowest BCUT2D eigenvalue weighted by molar-refractivity contribution is 0.859. The largest absolute Gasteiger partial charge is 0.360 e. The Kier molecular flexibility index (Phi) is 2.55. The second kappa shape index (κ2) is 4.43. The van der Waals surface area contributed by atoms with E-state index in [2.05, 4.69) is 15.1 Å². The number of aromatic nitrogens is 4. The summed E-state index contributed by atoms with van der Waals surface area (Å²) in [7, 11) is 0. The van der Waals surface area contributed by atoms with E-state index in [1.807, 2.05) is 6.07 Å². The summed E-state index contributed by atoms with van der Waals surface area (Å²) in [6.45, 7) is 0. The van der Waals surface area contributed by atoms with Crippen molar-refractivity contribution in [1.82, 2.24) is 19.7 Å². The lowest BCUT2D eigenvalue weighted by Gasteiger charge is -2.00. The van der Waals surface area contributed by atoms with E-state index in [4.69, 9.17) is 11.6 Å². The number of nitrogens with one attached hydrogen (secondary N) is 1. The Bertz CT molecular complexity index is 971. The van der Waals surface area contributed by atoms with Crippen molar-refractivity contribution >= 4 is 22.5 Å². The van der Waals surface area contributed by atoms with Gasteiger partial charge in [0.2, 0.25) is 0 Å². The summed E-state index contributed by atoms with van der Waals surface area (Å²) >= 11 is 5.87. The van der Waals surface area contributed by atoms with Crippen LogP contribution in [0.3, 0.4) is 0 Å². The molecule has 0 unspecified atom stereocenters. The van der Waals surface area contributed by atoms with Gasteiger partial charge in [-0.05, 0) is 30.3 Å². The molecule has 0 fully saturated rings. The lowest BCUT2D eigenvalue weighted by Crippen LogP contribution is -2.14. The first kappa shape index (κ1) is 12.1. The fraction of sp³-hybridized carbons (Fsp3) is 0. The van der Waals surface area contributed by atoms with Gasteiger partial charge in [-0.3, -0.25) is 9.78 Å². The highest BCUT2D eigenvalue weighted by Crippen LogP contribution is 2.25. The Morgan fingerprint density at radius 1 is 1.14 bits per heavy atom. The second-order valence-electron chi connectivity index (χ2n) is 4.67. The van der Waals surface area contributed by atoms with E-state index in [1.165, 1.54) is 4.68 Å². The SMILES string of the molecule is O=c1c2c[nH]c3ccncc3c-2nn1-c1ccc(Cl)cc1. The van der Waals surface area contributed by atoms with Crippen molar-refractivity contribution in [3.05, 3.63) is 64.3 Å². The lowest BCUT2D eigenvalue weighted by atomic mass is 10.1. The maximum Gasteiger partial charge on any atom is 0.282 e. The molecule has 6 heteroatoms. The van der Waals surface area contributed by atoms with Crippen molar-refractivity contribution in [1.29, 1.82) is 0 Å². The van der Waals surface area contributed by atoms with Gasteiger partial charge in [0.05, 0.1) is 16.8 Å². The van der Waals surface area contributed by atoms with Crippen molar-refractivity contribution in [2.75, 3.05) is 0 Å². The van der Waals surface area contributed by atoms with Crippen LogP contribution >= 0.6 is 11.6 Å². The molecule has 0 saturated carbocycles. The van der Waals surface area contributed by atoms with Gasteiger partial charge in [0.15, 0.2) is 0 Å². The van der Waals surface area contributed by atoms with Crippen LogP contribution in [0.1, 0.15) is 0 Å². The smallest absolute Gasteiger partial charge is 0.282 e. The molecule has 102 valence electrons.